The summed E-state index contributed by atoms with van der Waals surface area (Å²) in [7, 11) is 0. The zero-order valence-electron chi connectivity index (χ0n) is 11.0. The van der Waals surface area contributed by atoms with Crippen LogP contribution in [0.15, 0.2) is 0 Å². The van der Waals surface area contributed by atoms with Gasteiger partial charge in [-0.25, -0.2) is 10.2 Å². The maximum Gasteiger partial charge on any atom is 0.419 e. The highest BCUT2D eigenvalue weighted by Crippen LogP contribution is 2.40. The lowest BCUT2D eigenvalue weighted by molar-refractivity contribution is -0.158. The Labute approximate surface area is 107 Å². The lowest BCUT2D eigenvalue weighted by atomic mass is 9.71. The van der Waals surface area contributed by atoms with E-state index in [2.05, 4.69) is 10.9 Å². The Morgan fingerprint density at radius 2 is 1.94 bits per heavy atom. The molecular formula is C12H22N2O4. The van der Waals surface area contributed by atoms with E-state index in [1.807, 2.05) is 13.8 Å². The average Bonchev–Trinajstić information content (AvgIpc) is 2.37. The van der Waals surface area contributed by atoms with E-state index >= 15 is 0 Å². The number of carboxylic acid groups (broad SMARTS) is 1. The van der Waals surface area contributed by atoms with Gasteiger partial charge in [-0.05, 0) is 39.0 Å². The van der Waals surface area contributed by atoms with Crippen molar-refractivity contribution in [2.45, 2.75) is 52.0 Å². The van der Waals surface area contributed by atoms with Crippen LogP contribution in [0, 0.1) is 5.41 Å². The van der Waals surface area contributed by atoms with Crippen molar-refractivity contribution in [3.05, 3.63) is 0 Å². The lowest BCUT2D eigenvalue weighted by Crippen LogP contribution is -2.48. The number of rotatable bonds is 5. The van der Waals surface area contributed by atoms with Gasteiger partial charge in [0.05, 0.1) is 12.0 Å². The van der Waals surface area contributed by atoms with Gasteiger partial charge in [0.25, 0.3) is 0 Å². The van der Waals surface area contributed by atoms with E-state index in [9.17, 15) is 9.59 Å². The first kappa shape index (κ1) is 14.8. The predicted molar refractivity (Wildman–Crippen MR) is 65.9 cm³/mol. The number of carbonyl (C=O) groups is 2. The molecule has 0 bridgehead atoms. The Hall–Kier alpha value is -1.30. The molecule has 1 rings (SSSR count). The van der Waals surface area contributed by atoms with Crippen LogP contribution in [0.25, 0.3) is 0 Å². The van der Waals surface area contributed by atoms with E-state index in [1.54, 1.807) is 0 Å². The highest BCUT2D eigenvalue weighted by molar-refractivity contribution is 5.76. The Kier molecular flexibility index (Phi) is 5.40. The molecule has 104 valence electrons. The van der Waals surface area contributed by atoms with Crippen LogP contribution in [0.1, 0.15) is 46.0 Å². The molecule has 1 saturated carbocycles. The molecule has 0 aliphatic heterocycles. The maximum absolute atomic E-state index is 12.0. The van der Waals surface area contributed by atoms with Crippen molar-refractivity contribution in [1.82, 2.24) is 10.9 Å². The van der Waals surface area contributed by atoms with Crippen LogP contribution in [0.4, 0.5) is 4.79 Å². The minimum absolute atomic E-state index is 0.0928. The molecule has 0 aromatic heterocycles. The number of hydrazine groups is 1. The Bertz CT molecular complexity index is 298. The standard InChI is InChI=1S/C12H22N2O4/c1-3-12(10(15)18-4-2)7-5-9(6-8-12)13-14-11(16)17/h9,13-14H,3-8H2,1-2H3,(H,16,17)/t9-,12-. The smallest absolute Gasteiger partial charge is 0.419 e. The molecule has 0 aromatic rings. The first-order valence-corrected chi connectivity index (χ1v) is 6.45. The molecule has 6 nitrogen and oxygen atoms in total. The fourth-order valence-electron chi connectivity index (χ4n) is 2.46. The first-order valence-electron chi connectivity index (χ1n) is 6.45. The second kappa shape index (κ2) is 6.58. The molecule has 18 heavy (non-hydrogen) atoms. The van der Waals surface area contributed by atoms with Crippen LogP contribution in [-0.4, -0.2) is 29.8 Å². The van der Waals surface area contributed by atoms with Crippen molar-refractivity contribution in [2.75, 3.05) is 6.61 Å². The quantitative estimate of drug-likeness (QED) is 0.515. The van der Waals surface area contributed by atoms with Gasteiger partial charge >= 0.3 is 12.1 Å². The molecular weight excluding hydrogens is 236 g/mol. The first-order chi connectivity index (χ1) is 8.54. The van der Waals surface area contributed by atoms with Crippen molar-refractivity contribution in [3.8, 4) is 0 Å². The second-order valence-corrected chi connectivity index (χ2v) is 4.70. The molecule has 1 aliphatic carbocycles. The summed E-state index contributed by atoms with van der Waals surface area (Å²) in [5, 5.41) is 8.50. The van der Waals surface area contributed by atoms with Gasteiger partial charge in [-0.1, -0.05) is 6.92 Å². The van der Waals surface area contributed by atoms with Crippen LogP contribution in [0.2, 0.25) is 0 Å². The predicted octanol–water partition coefficient (Wildman–Crippen LogP) is 1.66. The minimum Gasteiger partial charge on any atom is -0.466 e. The molecule has 1 aliphatic rings. The average molecular weight is 258 g/mol. The molecule has 0 unspecified atom stereocenters. The van der Waals surface area contributed by atoms with Gasteiger partial charge < -0.3 is 9.84 Å². The summed E-state index contributed by atoms with van der Waals surface area (Å²) < 4.78 is 5.14. The number of ether oxygens (including phenoxy) is 1. The van der Waals surface area contributed by atoms with E-state index < -0.39 is 6.09 Å². The number of hydrogen-bond acceptors (Lipinski definition) is 4. The van der Waals surface area contributed by atoms with E-state index in [4.69, 9.17) is 9.84 Å². The monoisotopic (exact) mass is 258 g/mol. The molecule has 0 radical (unpaired) electrons. The summed E-state index contributed by atoms with van der Waals surface area (Å²) in [5.41, 5.74) is 4.54. The van der Waals surface area contributed by atoms with E-state index in [1.165, 1.54) is 0 Å². The molecule has 0 heterocycles. The van der Waals surface area contributed by atoms with Gasteiger partial charge in [0.15, 0.2) is 0 Å². The number of carbonyl (C=O) groups excluding carboxylic acids is 1. The zero-order valence-corrected chi connectivity index (χ0v) is 11.0. The summed E-state index contributed by atoms with van der Waals surface area (Å²) in [5.74, 6) is -0.114. The minimum atomic E-state index is -1.09. The fourth-order valence-corrected chi connectivity index (χ4v) is 2.46. The van der Waals surface area contributed by atoms with Crippen molar-refractivity contribution in [2.24, 2.45) is 5.41 Å². The van der Waals surface area contributed by atoms with Crippen molar-refractivity contribution in [3.63, 3.8) is 0 Å². The van der Waals surface area contributed by atoms with Gasteiger partial charge in [-0.3, -0.25) is 10.2 Å². The molecule has 0 spiro atoms. The van der Waals surface area contributed by atoms with Crippen molar-refractivity contribution in [1.29, 1.82) is 0 Å². The third-order valence-corrected chi connectivity index (χ3v) is 3.71. The highest BCUT2D eigenvalue weighted by atomic mass is 16.5. The normalized spacial score (nSPS) is 27.6. The number of hydrogen-bond donors (Lipinski definition) is 3. The van der Waals surface area contributed by atoms with Crippen molar-refractivity contribution < 1.29 is 19.4 Å². The molecule has 0 atom stereocenters. The summed E-state index contributed by atoms with van der Waals surface area (Å²) in [6.07, 6.45) is 2.70. The van der Waals surface area contributed by atoms with Crippen LogP contribution >= 0.6 is 0 Å². The summed E-state index contributed by atoms with van der Waals surface area (Å²) in [6.45, 7) is 4.22. The number of amides is 1. The summed E-state index contributed by atoms with van der Waals surface area (Å²) >= 11 is 0. The third kappa shape index (κ3) is 3.60. The largest absolute Gasteiger partial charge is 0.466 e. The Morgan fingerprint density at radius 1 is 1.33 bits per heavy atom. The van der Waals surface area contributed by atoms with E-state index in [0.717, 1.165) is 32.1 Å². The molecule has 1 fully saturated rings. The van der Waals surface area contributed by atoms with Gasteiger partial charge in [0.1, 0.15) is 0 Å². The molecule has 1 amide bonds. The van der Waals surface area contributed by atoms with E-state index in [0.29, 0.717) is 6.61 Å². The van der Waals surface area contributed by atoms with Crippen LogP contribution < -0.4 is 10.9 Å². The van der Waals surface area contributed by atoms with Crippen LogP contribution in [0.3, 0.4) is 0 Å². The molecule has 0 saturated heterocycles. The molecule has 3 N–H and O–H groups in total. The van der Waals surface area contributed by atoms with Gasteiger partial charge in [-0.15, -0.1) is 0 Å². The van der Waals surface area contributed by atoms with Gasteiger partial charge in [-0.2, -0.15) is 0 Å². The fraction of sp³-hybridized carbons (Fsp3) is 0.833. The number of nitrogens with one attached hydrogen (secondary N) is 2. The molecule has 0 aromatic carbocycles. The Balaban J connectivity index is 2.48. The maximum atomic E-state index is 12.0. The van der Waals surface area contributed by atoms with Gasteiger partial charge in [0, 0.05) is 6.04 Å². The topological polar surface area (TPSA) is 87.7 Å². The number of esters is 1. The Morgan fingerprint density at radius 3 is 2.39 bits per heavy atom. The van der Waals surface area contributed by atoms with Crippen LogP contribution in [-0.2, 0) is 9.53 Å². The molecule has 6 heteroatoms. The highest BCUT2D eigenvalue weighted by Gasteiger charge is 2.41. The van der Waals surface area contributed by atoms with Crippen molar-refractivity contribution >= 4 is 12.1 Å². The lowest BCUT2D eigenvalue weighted by Gasteiger charge is -2.37. The van der Waals surface area contributed by atoms with Crippen LogP contribution in [0.5, 0.6) is 0 Å². The van der Waals surface area contributed by atoms with E-state index in [-0.39, 0.29) is 17.4 Å². The summed E-state index contributed by atoms with van der Waals surface area (Å²) in [6, 6.07) is 0.0928. The summed E-state index contributed by atoms with van der Waals surface area (Å²) in [4.78, 5) is 22.3. The zero-order chi connectivity index (χ0) is 13.6. The SMILES string of the molecule is CCOC(=O)[C@]1(CC)CC[C@@H](NNC(=O)O)CC1. The third-order valence-electron chi connectivity index (χ3n) is 3.71. The second-order valence-electron chi connectivity index (χ2n) is 4.70. The van der Waals surface area contributed by atoms with Gasteiger partial charge in [0.2, 0.25) is 0 Å².